The van der Waals surface area contributed by atoms with Crippen molar-refractivity contribution in [3.63, 3.8) is 0 Å². The van der Waals surface area contributed by atoms with E-state index in [2.05, 4.69) is 11.4 Å². The van der Waals surface area contributed by atoms with Gasteiger partial charge in [-0.15, -0.1) is 24.2 Å². The van der Waals surface area contributed by atoms with Crippen LogP contribution >= 0.6 is 24.2 Å². The van der Waals surface area contributed by atoms with E-state index in [1.165, 1.54) is 17.3 Å². The van der Waals surface area contributed by atoms with Crippen LogP contribution in [0.25, 0.3) is 0 Å². The SMILES string of the molecule is CC(CN)CNC(=O)c1ccccc1SCC(=O)N1CCc2ccccc21.Cl. The summed E-state index contributed by atoms with van der Waals surface area (Å²) in [7, 11) is 0. The Labute approximate surface area is 176 Å². The molecule has 1 atom stereocenters. The minimum absolute atomic E-state index is 0. The van der Waals surface area contributed by atoms with Crippen LogP contribution in [0.5, 0.6) is 0 Å². The molecule has 2 aromatic rings. The number of hydrogen-bond acceptors (Lipinski definition) is 4. The maximum absolute atomic E-state index is 12.7. The number of amides is 2. The first-order valence-corrected chi connectivity index (χ1v) is 10.2. The smallest absolute Gasteiger partial charge is 0.252 e. The number of hydrogen-bond donors (Lipinski definition) is 2. The van der Waals surface area contributed by atoms with Crippen LogP contribution in [0.2, 0.25) is 0 Å². The minimum atomic E-state index is -0.127. The predicted octanol–water partition coefficient (Wildman–Crippen LogP) is 3.11. The molecule has 0 fully saturated rings. The maximum atomic E-state index is 12.7. The van der Waals surface area contributed by atoms with Crippen molar-refractivity contribution in [2.75, 3.05) is 30.3 Å². The molecule has 5 nitrogen and oxygen atoms in total. The fraction of sp³-hybridized carbons (Fsp3) is 0.333. The lowest BCUT2D eigenvalue weighted by molar-refractivity contribution is -0.116. The van der Waals surface area contributed by atoms with E-state index in [1.807, 2.05) is 48.2 Å². The van der Waals surface area contributed by atoms with E-state index in [0.29, 0.717) is 24.4 Å². The maximum Gasteiger partial charge on any atom is 0.252 e. The third kappa shape index (κ3) is 5.28. The standard InChI is InChI=1S/C21H25N3O2S.ClH/c1-15(12-22)13-23-21(26)17-7-3-5-9-19(17)27-14-20(25)24-11-10-16-6-2-4-8-18(16)24;/h2-9,15H,10-14,22H2,1H3,(H,23,26);1H. The molecule has 0 aromatic heterocycles. The van der Waals surface area contributed by atoms with Crippen LogP contribution in [0.1, 0.15) is 22.8 Å². The summed E-state index contributed by atoms with van der Waals surface area (Å²) >= 11 is 1.41. The number of nitrogens with zero attached hydrogens (tertiary/aromatic N) is 1. The number of para-hydroxylation sites is 1. The molecule has 0 aliphatic carbocycles. The van der Waals surface area contributed by atoms with Gasteiger partial charge >= 0.3 is 0 Å². The number of fused-ring (bicyclic) bond motifs is 1. The molecular formula is C21H26ClN3O2S. The van der Waals surface area contributed by atoms with Crippen molar-refractivity contribution in [2.24, 2.45) is 11.7 Å². The van der Waals surface area contributed by atoms with Gasteiger partial charge in [-0.2, -0.15) is 0 Å². The molecule has 0 spiro atoms. The Balaban J connectivity index is 0.00000280. The van der Waals surface area contributed by atoms with Gasteiger partial charge in [0.2, 0.25) is 5.91 Å². The molecule has 28 heavy (non-hydrogen) atoms. The summed E-state index contributed by atoms with van der Waals surface area (Å²) in [6.45, 7) is 3.78. The molecule has 2 aromatic carbocycles. The molecule has 0 saturated heterocycles. The first kappa shape index (κ1) is 22.3. The molecule has 1 aliphatic heterocycles. The van der Waals surface area contributed by atoms with Crippen LogP contribution in [-0.2, 0) is 11.2 Å². The van der Waals surface area contributed by atoms with Crippen molar-refractivity contribution in [2.45, 2.75) is 18.2 Å². The van der Waals surface area contributed by atoms with Crippen LogP contribution in [0, 0.1) is 5.92 Å². The first-order valence-electron chi connectivity index (χ1n) is 9.18. The summed E-state index contributed by atoms with van der Waals surface area (Å²) in [6, 6.07) is 15.4. The number of nitrogens with one attached hydrogen (secondary N) is 1. The van der Waals surface area contributed by atoms with Gasteiger partial charge in [0.1, 0.15) is 0 Å². The van der Waals surface area contributed by atoms with Gasteiger partial charge in [-0.1, -0.05) is 37.3 Å². The van der Waals surface area contributed by atoms with Gasteiger partial charge in [-0.25, -0.2) is 0 Å². The molecule has 3 rings (SSSR count). The lowest BCUT2D eigenvalue weighted by Gasteiger charge is -2.17. The summed E-state index contributed by atoms with van der Waals surface area (Å²) < 4.78 is 0. The molecule has 2 amide bonds. The number of carbonyl (C=O) groups is 2. The fourth-order valence-corrected chi connectivity index (χ4v) is 3.97. The molecule has 0 radical (unpaired) electrons. The highest BCUT2D eigenvalue weighted by molar-refractivity contribution is 8.00. The van der Waals surface area contributed by atoms with Crippen LogP contribution in [0.4, 0.5) is 5.69 Å². The molecule has 150 valence electrons. The van der Waals surface area contributed by atoms with E-state index >= 15 is 0 Å². The van der Waals surface area contributed by atoms with Crippen molar-refractivity contribution in [3.8, 4) is 0 Å². The Morgan fingerprint density at radius 3 is 2.68 bits per heavy atom. The topological polar surface area (TPSA) is 75.4 Å². The second-order valence-corrected chi connectivity index (χ2v) is 7.78. The number of rotatable bonds is 7. The summed E-state index contributed by atoms with van der Waals surface area (Å²) in [5.41, 5.74) is 8.42. The normalized spacial score (nSPS) is 13.4. The number of halogens is 1. The van der Waals surface area contributed by atoms with Gasteiger partial charge < -0.3 is 16.0 Å². The molecule has 0 saturated carbocycles. The van der Waals surface area contributed by atoms with Crippen molar-refractivity contribution in [1.82, 2.24) is 5.32 Å². The quantitative estimate of drug-likeness (QED) is 0.676. The van der Waals surface area contributed by atoms with Crippen LogP contribution in [0.3, 0.4) is 0 Å². The summed E-state index contributed by atoms with van der Waals surface area (Å²) in [5, 5.41) is 2.92. The van der Waals surface area contributed by atoms with Gasteiger partial charge in [0, 0.05) is 23.7 Å². The zero-order chi connectivity index (χ0) is 19.2. The first-order chi connectivity index (χ1) is 13.1. The summed E-state index contributed by atoms with van der Waals surface area (Å²) in [6.07, 6.45) is 0.894. The Morgan fingerprint density at radius 2 is 1.89 bits per heavy atom. The number of anilines is 1. The Hall–Kier alpha value is -2.02. The lowest BCUT2D eigenvalue weighted by Crippen LogP contribution is -2.32. The number of carbonyl (C=O) groups excluding carboxylic acids is 2. The third-order valence-corrected chi connectivity index (χ3v) is 5.74. The molecule has 3 N–H and O–H groups in total. The summed E-state index contributed by atoms with van der Waals surface area (Å²) in [4.78, 5) is 27.9. The summed E-state index contributed by atoms with van der Waals surface area (Å²) in [5.74, 6) is 0.470. The second-order valence-electron chi connectivity index (χ2n) is 6.76. The van der Waals surface area contributed by atoms with E-state index in [9.17, 15) is 9.59 Å². The van der Waals surface area contributed by atoms with Gasteiger partial charge in [0.25, 0.3) is 5.91 Å². The Bertz CT molecular complexity index is 831. The van der Waals surface area contributed by atoms with E-state index in [0.717, 1.165) is 23.5 Å². The molecule has 1 unspecified atom stereocenters. The highest BCUT2D eigenvalue weighted by Gasteiger charge is 2.24. The molecule has 7 heteroatoms. The molecular weight excluding hydrogens is 394 g/mol. The average molecular weight is 420 g/mol. The highest BCUT2D eigenvalue weighted by atomic mass is 35.5. The molecule has 0 bridgehead atoms. The third-order valence-electron chi connectivity index (χ3n) is 4.68. The van der Waals surface area contributed by atoms with Crippen molar-refractivity contribution < 1.29 is 9.59 Å². The van der Waals surface area contributed by atoms with Crippen LogP contribution in [-0.4, -0.2) is 37.2 Å². The average Bonchev–Trinajstić information content (AvgIpc) is 3.14. The Morgan fingerprint density at radius 1 is 1.18 bits per heavy atom. The Kier molecular flexibility index (Phi) is 8.35. The van der Waals surface area contributed by atoms with Gasteiger partial charge in [-0.3, -0.25) is 9.59 Å². The van der Waals surface area contributed by atoms with Gasteiger partial charge in [0.05, 0.1) is 11.3 Å². The number of nitrogens with two attached hydrogens (primary N) is 1. The second kappa shape index (κ2) is 10.5. The zero-order valence-electron chi connectivity index (χ0n) is 15.9. The van der Waals surface area contributed by atoms with Crippen molar-refractivity contribution in [1.29, 1.82) is 0 Å². The van der Waals surface area contributed by atoms with Crippen molar-refractivity contribution >= 4 is 41.7 Å². The largest absolute Gasteiger partial charge is 0.352 e. The van der Waals surface area contributed by atoms with E-state index in [-0.39, 0.29) is 30.1 Å². The van der Waals surface area contributed by atoms with E-state index in [4.69, 9.17) is 5.73 Å². The lowest BCUT2D eigenvalue weighted by atomic mass is 10.1. The highest BCUT2D eigenvalue weighted by Crippen LogP contribution is 2.29. The predicted molar refractivity (Wildman–Crippen MR) is 117 cm³/mol. The number of benzene rings is 2. The zero-order valence-corrected chi connectivity index (χ0v) is 17.5. The molecule has 1 heterocycles. The van der Waals surface area contributed by atoms with Crippen molar-refractivity contribution in [3.05, 3.63) is 59.7 Å². The fourth-order valence-electron chi connectivity index (χ4n) is 3.04. The van der Waals surface area contributed by atoms with Gasteiger partial charge in [-0.05, 0) is 42.6 Å². The van der Waals surface area contributed by atoms with Crippen LogP contribution < -0.4 is 16.0 Å². The molecule has 1 aliphatic rings. The number of thioether (sulfide) groups is 1. The minimum Gasteiger partial charge on any atom is -0.352 e. The monoisotopic (exact) mass is 419 g/mol. The van der Waals surface area contributed by atoms with E-state index in [1.54, 1.807) is 6.07 Å². The van der Waals surface area contributed by atoms with Gasteiger partial charge in [0.15, 0.2) is 0 Å². The van der Waals surface area contributed by atoms with E-state index < -0.39 is 0 Å². The van der Waals surface area contributed by atoms with Crippen LogP contribution in [0.15, 0.2) is 53.4 Å².